The van der Waals surface area contributed by atoms with Gasteiger partial charge in [0.05, 0.1) is 23.9 Å². The number of nitrogens with zero attached hydrogens (tertiary/aromatic N) is 2. The summed E-state index contributed by atoms with van der Waals surface area (Å²) in [5.41, 5.74) is 0.811. The predicted molar refractivity (Wildman–Crippen MR) is 101 cm³/mol. The number of aliphatic imine (C=N–C) groups is 1. The highest BCUT2D eigenvalue weighted by Gasteiger charge is 2.28. The number of rotatable bonds is 4. The van der Waals surface area contributed by atoms with E-state index >= 15 is 0 Å². The number of benzene rings is 2. The van der Waals surface area contributed by atoms with Crippen molar-refractivity contribution in [2.45, 2.75) is 4.90 Å². The molecule has 1 N–H and O–H groups in total. The van der Waals surface area contributed by atoms with Crippen LogP contribution in [0.4, 0.5) is 5.69 Å². The lowest BCUT2D eigenvalue weighted by atomic mass is 10.2. The Kier molecular flexibility index (Phi) is 5.84. The zero-order valence-electron chi connectivity index (χ0n) is 13.6. The normalized spacial score (nSPS) is 16.2. The van der Waals surface area contributed by atoms with Gasteiger partial charge in [-0.05, 0) is 36.4 Å². The molecule has 2 aromatic rings. The molecule has 0 aliphatic carbocycles. The van der Waals surface area contributed by atoms with E-state index in [9.17, 15) is 13.5 Å². The Bertz CT molecular complexity index is 942. The monoisotopic (exact) mass is 414 g/mol. The Morgan fingerprint density at radius 2 is 1.85 bits per heavy atom. The molecule has 1 saturated heterocycles. The highest BCUT2D eigenvalue weighted by Crippen LogP contribution is 2.29. The van der Waals surface area contributed by atoms with E-state index in [1.54, 1.807) is 18.2 Å². The third-order valence-electron chi connectivity index (χ3n) is 3.84. The highest BCUT2D eigenvalue weighted by molar-refractivity contribution is 7.89. The molecule has 0 amide bonds. The van der Waals surface area contributed by atoms with E-state index in [2.05, 4.69) is 4.99 Å². The summed E-state index contributed by atoms with van der Waals surface area (Å²) >= 11 is 12.0. The van der Waals surface area contributed by atoms with E-state index in [1.165, 1.54) is 28.7 Å². The van der Waals surface area contributed by atoms with Gasteiger partial charge in [0.2, 0.25) is 10.0 Å². The van der Waals surface area contributed by atoms with Gasteiger partial charge in [-0.2, -0.15) is 4.31 Å². The number of phenolic OH excluding ortho intramolecular Hbond substituents is 1. The van der Waals surface area contributed by atoms with Gasteiger partial charge in [-0.15, -0.1) is 0 Å². The molecule has 9 heteroatoms. The molecule has 1 fully saturated rings. The van der Waals surface area contributed by atoms with Gasteiger partial charge in [0, 0.05) is 29.9 Å². The summed E-state index contributed by atoms with van der Waals surface area (Å²) in [6, 6.07) is 9.06. The molecule has 0 unspecified atom stereocenters. The Morgan fingerprint density at radius 3 is 2.58 bits per heavy atom. The molecule has 1 aliphatic heterocycles. The van der Waals surface area contributed by atoms with Crippen LogP contribution < -0.4 is 0 Å². The Hall–Kier alpha value is -1.64. The van der Waals surface area contributed by atoms with Crippen LogP contribution in [0.1, 0.15) is 5.56 Å². The van der Waals surface area contributed by atoms with Gasteiger partial charge in [-0.1, -0.05) is 23.2 Å². The summed E-state index contributed by atoms with van der Waals surface area (Å²) in [4.78, 5) is 4.22. The zero-order chi connectivity index (χ0) is 18.7. The Morgan fingerprint density at radius 1 is 1.12 bits per heavy atom. The SMILES string of the molecule is O=S(=O)(c1cc(N=Cc2cc(Cl)ccc2O)ccc1Cl)N1CCOCC1. The average Bonchev–Trinajstić information content (AvgIpc) is 2.64. The van der Waals surface area contributed by atoms with Crippen LogP contribution >= 0.6 is 23.2 Å². The van der Waals surface area contributed by atoms with E-state index in [4.69, 9.17) is 27.9 Å². The number of hydrogen-bond donors (Lipinski definition) is 1. The molecule has 0 bridgehead atoms. The van der Waals surface area contributed by atoms with E-state index in [0.717, 1.165) is 0 Å². The van der Waals surface area contributed by atoms with Gasteiger partial charge in [0.25, 0.3) is 0 Å². The van der Waals surface area contributed by atoms with Crippen LogP contribution in [0.15, 0.2) is 46.3 Å². The van der Waals surface area contributed by atoms with Crippen LogP contribution in [-0.2, 0) is 14.8 Å². The maximum atomic E-state index is 12.8. The number of ether oxygens (including phenoxy) is 1. The molecule has 0 saturated carbocycles. The molecular formula is C17H16Cl2N2O4S. The average molecular weight is 415 g/mol. The lowest BCUT2D eigenvalue weighted by molar-refractivity contribution is 0.0730. The number of sulfonamides is 1. The van der Waals surface area contributed by atoms with Crippen molar-refractivity contribution >= 4 is 45.1 Å². The van der Waals surface area contributed by atoms with Crippen molar-refractivity contribution in [3.05, 3.63) is 52.0 Å². The Labute approximate surface area is 161 Å². The third kappa shape index (κ3) is 4.19. The molecule has 26 heavy (non-hydrogen) atoms. The minimum absolute atomic E-state index is 0.00830. The summed E-state index contributed by atoms with van der Waals surface area (Å²) in [7, 11) is -3.74. The van der Waals surface area contributed by atoms with Crippen LogP contribution in [0.2, 0.25) is 10.0 Å². The second kappa shape index (κ2) is 7.94. The predicted octanol–water partition coefficient (Wildman–Crippen LogP) is 3.47. The molecule has 0 radical (unpaired) electrons. The van der Waals surface area contributed by atoms with Crippen molar-refractivity contribution in [3.63, 3.8) is 0 Å². The van der Waals surface area contributed by atoms with Crippen molar-refractivity contribution < 1.29 is 18.3 Å². The van der Waals surface area contributed by atoms with Crippen molar-refractivity contribution in [1.29, 1.82) is 0 Å². The number of aromatic hydroxyl groups is 1. The van der Waals surface area contributed by atoms with Gasteiger partial charge in [-0.3, -0.25) is 4.99 Å². The van der Waals surface area contributed by atoms with Crippen LogP contribution in [0.25, 0.3) is 0 Å². The zero-order valence-corrected chi connectivity index (χ0v) is 15.9. The number of halogens is 2. The smallest absolute Gasteiger partial charge is 0.244 e. The molecular weight excluding hydrogens is 399 g/mol. The van der Waals surface area contributed by atoms with Crippen LogP contribution in [0.3, 0.4) is 0 Å². The van der Waals surface area contributed by atoms with Gasteiger partial charge in [-0.25, -0.2) is 8.42 Å². The molecule has 2 aromatic carbocycles. The second-order valence-corrected chi connectivity index (χ2v) is 8.34. The molecule has 0 atom stereocenters. The van der Waals surface area contributed by atoms with Crippen molar-refractivity contribution in [2.75, 3.05) is 26.3 Å². The third-order valence-corrected chi connectivity index (χ3v) is 6.46. The molecule has 3 rings (SSSR count). The first-order chi connectivity index (χ1) is 12.4. The second-order valence-electron chi connectivity index (χ2n) is 5.59. The van der Waals surface area contributed by atoms with E-state index in [0.29, 0.717) is 29.5 Å². The standard InChI is InChI=1S/C17H16Cl2N2O4S/c18-13-1-4-16(22)12(9-13)11-20-14-2-3-15(19)17(10-14)26(23,24)21-5-7-25-8-6-21/h1-4,9-11,22H,5-8H2. The minimum Gasteiger partial charge on any atom is -0.507 e. The molecule has 6 nitrogen and oxygen atoms in total. The van der Waals surface area contributed by atoms with E-state index < -0.39 is 10.0 Å². The summed E-state index contributed by atoms with van der Waals surface area (Å²) in [6.45, 7) is 1.26. The van der Waals surface area contributed by atoms with Gasteiger partial charge in [0.1, 0.15) is 10.6 Å². The lowest BCUT2D eigenvalue weighted by Gasteiger charge is -2.26. The fraction of sp³-hybridized carbons (Fsp3) is 0.235. The summed E-state index contributed by atoms with van der Waals surface area (Å²) in [5.74, 6) is 0.0216. The molecule has 138 valence electrons. The van der Waals surface area contributed by atoms with Crippen LogP contribution in [-0.4, -0.2) is 50.3 Å². The largest absolute Gasteiger partial charge is 0.507 e. The maximum Gasteiger partial charge on any atom is 0.244 e. The van der Waals surface area contributed by atoms with Crippen molar-refractivity contribution in [3.8, 4) is 5.75 Å². The van der Waals surface area contributed by atoms with Crippen molar-refractivity contribution in [2.24, 2.45) is 4.99 Å². The first kappa shape index (κ1) is 19.1. The Balaban J connectivity index is 1.92. The van der Waals surface area contributed by atoms with E-state index in [1.807, 2.05) is 0 Å². The molecule has 0 aromatic heterocycles. The van der Waals surface area contributed by atoms with Gasteiger partial charge < -0.3 is 9.84 Å². The van der Waals surface area contributed by atoms with Crippen LogP contribution in [0.5, 0.6) is 5.75 Å². The number of phenols is 1. The summed E-state index contributed by atoms with van der Waals surface area (Å²) in [5, 5.41) is 10.4. The molecule has 1 heterocycles. The quantitative estimate of drug-likeness (QED) is 0.776. The van der Waals surface area contributed by atoms with Crippen molar-refractivity contribution in [1.82, 2.24) is 4.31 Å². The number of hydrogen-bond acceptors (Lipinski definition) is 5. The summed E-state index contributed by atoms with van der Waals surface area (Å²) < 4.78 is 32.2. The molecule has 1 aliphatic rings. The van der Waals surface area contributed by atoms with Gasteiger partial charge >= 0.3 is 0 Å². The topological polar surface area (TPSA) is 79.2 Å². The lowest BCUT2D eigenvalue weighted by Crippen LogP contribution is -2.40. The maximum absolute atomic E-state index is 12.8. The fourth-order valence-electron chi connectivity index (χ4n) is 2.47. The van der Waals surface area contributed by atoms with Gasteiger partial charge in [0.15, 0.2) is 0 Å². The fourth-order valence-corrected chi connectivity index (χ4v) is 4.55. The highest BCUT2D eigenvalue weighted by atomic mass is 35.5. The first-order valence-electron chi connectivity index (χ1n) is 7.78. The first-order valence-corrected chi connectivity index (χ1v) is 9.97. The number of morpholine rings is 1. The van der Waals surface area contributed by atoms with Crippen LogP contribution in [0, 0.1) is 0 Å². The summed E-state index contributed by atoms with van der Waals surface area (Å²) in [6.07, 6.45) is 1.41. The van der Waals surface area contributed by atoms with E-state index in [-0.39, 0.29) is 28.8 Å². The molecule has 0 spiro atoms. The minimum atomic E-state index is -3.74.